The molecule has 2 rings (SSSR count). The number of hydrogen-bond acceptors (Lipinski definition) is 2. The highest BCUT2D eigenvalue weighted by atomic mass is 16.2. The van der Waals surface area contributed by atoms with Gasteiger partial charge in [-0.15, -0.1) is 0 Å². The lowest BCUT2D eigenvalue weighted by Crippen LogP contribution is -2.48. The predicted molar refractivity (Wildman–Crippen MR) is 60.6 cm³/mol. The van der Waals surface area contributed by atoms with Crippen LogP contribution in [-0.2, 0) is 4.79 Å². The quantitative estimate of drug-likeness (QED) is 0.747. The highest BCUT2D eigenvalue weighted by molar-refractivity contribution is 5.79. The lowest BCUT2D eigenvalue weighted by molar-refractivity contribution is -0.139. The Kier molecular flexibility index (Phi) is 3.29. The molecule has 0 aromatic heterocycles. The zero-order valence-electron chi connectivity index (χ0n) is 9.83. The summed E-state index contributed by atoms with van der Waals surface area (Å²) in [5.74, 6) is 0.653. The van der Waals surface area contributed by atoms with E-state index in [1.165, 1.54) is 19.3 Å². The van der Waals surface area contributed by atoms with Gasteiger partial charge in [0.2, 0.25) is 5.91 Å². The molecule has 2 atom stereocenters. The Labute approximate surface area is 92.2 Å². The fourth-order valence-corrected chi connectivity index (χ4v) is 2.60. The number of nitrogens with zero attached hydrogens (tertiary/aromatic N) is 1. The van der Waals surface area contributed by atoms with Gasteiger partial charge in [0.15, 0.2) is 0 Å². The number of nitrogens with one attached hydrogen (secondary N) is 1. The number of amides is 1. The van der Waals surface area contributed by atoms with E-state index in [9.17, 15) is 4.79 Å². The number of carbonyl (C=O) groups is 1. The second-order valence-electron chi connectivity index (χ2n) is 5.11. The molecular weight excluding hydrogens is 188 g/mol. The summed E-state index contributed by atoms with van der Waals surface area (Å²) >= 11 is 0. The third kappa shape index (κ3) is 2.33. The van der Waals surface area contributed by atoms with E-state index in [0.29, 0.717) is 18.0 Å². The van der Waals surface area contributed by atoms with Gasteiger partial charge >= 0.3 is 0 Å². The first-order chi connectivity index (χ1) is 7.18. The molecule has 1 amide bonds. The highest BCUT2D eigenvalue weighted by Gasteiger charge is 2.32. The first-order valence-corrected chi connectivity index (χ1v) is 6.18. The topological polar surface area (TPSA) is 32.3 Å². The van der Waals surface area contributed by atoms with Gasteiger partial charge in [0, 0.05) is 25.0 Å². The molecule has 0 spiro atoms. The van der Waals surface area contributed by atoms with Crippen molar-refractivity contribution in [1.82, 2.24) is 10.2 Å². The van der Waals surface area contributed by atoms with Crippen molar-refractivity contribution >= 4 is 5.91 Å². The van der Waals surface area contributed by atoms with Gasteiger partial charge in [-0.25, -0.2) is 0 Å². The van der Waals surface area contributed by atoms with Crippen molar-refractivity contribution in [3.63, 3.8) is 0 Å². The summed E-state index contributed by atoms with van der Waals surface area (Å²) in [6.45, 7) is 3.17. The van der Waals surface area contributed by atoms with Crippen LogP contribution >= 0.6 is 0 Å². The molecule has 2 fully saturated rings. The molecule has 1 aliphatic carbocycles. The Morgan fingerprint density at radius 3 is 2.60 bits per heavy atom. The lowest BCUT2D eigenvalue weighted by Gasteiger charge is -2.38. The second kappa shape index (κ2) is 4.52. The van der Waals surface area contributed by atoms with E-state index in [1.807, 2.05) is 11.9 Å². The van der Waals surface area contributed by atoms with Crippen LogP contribution in [-0.4, -0.2) is 36.5 Å². The fourth-order valence-electron chi connectivity index (χ4n) is 2.60. The number of carbonyl (C=O) groups excluding carboxylic acids is 1. The Bertz CT molecular complexity index is 238. The maximum Gasteiger partial charge on any atom is 0.225 e. The molecule has 15 heavy (non-hydrogen) atoms. The molecule has 1 aliphatic heterocycles. The standard InChI is InChI=1S/C12H22N2O/c1-9-8-10(6-7-13-9)12(15)14(2)11-4-3-5-11/h9-11,13H,3-8H2,1-2H3/t9-,10-/m0/s1. The van der Waals surface area contributed by atoms with E-state index >= 15 is 0 Å². The molecular formula is C12H22N2O. The van der Waals surface area contributed by atoms with E-state index in [-0.39, 0.29) is 5.92 Å². The van der Waals surface area contributed by atoms with E-state index in [0.717, 1.165) is 19.4 Å². The van der Waals surface area contributed by atoms with Gasteiger partial charge in [0.25, 0.3) is 0 Å². The smallest absolute Gasteiger partial charge is 0.225 e. The van der Waals surface area contributed by atoms with Gasteiger partial charge in [0.05, 0.1) is 0 Å². The van der Waals surface area contributed by atoms with Crippen molar-refractivity contribution in [3.05, 3.63) is 0 Å². The van der Waals surface area contributed by atoms with E-state index in [1.54, 1.807) is 0 Å². The van der Waals surface area contributed by atoms with Crippen molar-refractivity contribution in [1.29, 1.82) is 0 Å². The molecule has 0 aromatic carbocycles. The van der Waals surface area contributed by atoms with Gasteiger partial charge < -0.3 is 10.2 Å². The molecule has 1 N–H and O–H groups in total. The average Bonchev–Trinajstić information content (AvgIpc) is 2.14. The van der Waals surface area contributed by atoms with Crippen molar-refractivity contribution in [2.45, 2.75) is 51.1 Å². The van der Waals surface area contributed by atoms with Gasteiger partial charge in [-0.05, 0) is 45.6 Å². The first kappa shape index (κ1) is 10.9. The van der Waals surface area contributed by atoms with Crippen LogP contribution < -0.4 is 5.32 Å². The molecule has 1 saturated carbocycles. The van der Waals surface area contributed by atoms with Gasteiger partial charge in [0.1, 0.15) is 0 Å². The summed E-state index contributed by atoms with van der Waals surface area (Å²) in [5, 5.41) is 3.39. The van der Waals surface area contributed by atoms with Crippen molar-refractivity contribution < 1.29 is 4.79 Å². The van der Waals surface area contributed by atoms with Gasteiger partial charge in [-0.3, -0.25) is 4.79 Å². The zero-order chi connectivity index (χ0) is 10.8. The van der Waals surface area contributed by atoms with Crippen LogP contribution in [0.1, 0.15) is 39.0 Å². The normalized spacial score (nSPS) is 32.1. The molecule has 3 nitrogen and oxygen atoms in total. The molecule has 0 unspecified atom stereocenters. The third-order valence-electron chi connectivity index (χ3n) is 3.94. The van der Waals surface area contributed by atoms with Crippen LogP contribution in [0.2, 0.25) is 0 Å². The molecule has 2 aliphatic rings. The van der Waals surface area contributed by atoms with E-state index in [4.69, 9.17) is 0 Å². The Morgan fingerprint density at radius 1 is 1.33 bits per heavy atom. The molecule has 0 bridgehead atoms. The summed E-state index contributed by atoms with van der Waals surface area (Å²) in [6, 6.07) is 1.05. The summed E-state index contributed by atoms with van der Waals surface area (Å²) in [7, 11) is 1.98. The van der Waals surface area contributed by atoms with Gasteiger partial charge in [-0.2, -0.15) is 0 Å². The Balaban J connectivity index is 1.88. The molecule has 86 valence electrons. The van der Waals surface area contributed by atoms with Crippen molar-refractivity contribution in [2.75, 3.05) is 13.6 Å². The summed E-state index contributed by atoms with van der Waals surface area (Å²) in [5.41, 5.74) is 0. The molecule has 0 aromatic rings. The van der Waals surface area contributed by atoms with E-state index < -0.39 is 0 Å². The largest absolute Gasteiger partial charge is 0.343 e. The molecule has 3 heteroatoms. The summed E-state index contributed by atoms with van der Waals surface area (Å²) in [6.07, 6.45) is 5.74. The number of hydrogen-bond donors (Lipinski definition) is 1. The number of piperidine rings is 1. The maximum atomic E-state index is 12.2. The molecule has 0 radical (unpaired) electrons. The average molecular weight is 210 g/mol. The van der Waals surface area contributed by atoms with E-state index in [2.05, 4.69) is 12.2 Å². The Morgan fingerprint density at radius 2 is 2.07 bits per heavy atom. The first-order valence-electron chi connectivity index (χ1n) is 6.18. The fraction of sp³-hybridized carbons (Fsp3) is 0.917. The summed E-state index contributed by atoms with van der Waals surface area (Å²) in [4.78, 5) is 14.2. The van der Waals surface area contributed by atoms with Crippen LogP contribution in [0.3, 0.4) is 0 Å². The van der Waals surface area contributed by atoms with Crippen LogP contribution in [0.25, 0.3) is 0 Å². The molecule has 1 saturated heterocycles. The SMILES string of the molecule is C[C@H]1C[C@@H](C(=O)N(C)C2CCC2)CCN1. The Hall–Kier alpha value is -0.570. The summed E-state index contributed by atoms with van der Waals surface area (Å²) < 4.78 is 0. The van der Waals surface area contributed by atoms with Crippen molar-refractivity contribution in [3.8, 4) is 0 Å². The minimum atomic E-state index is 0.270. The number of rotatable bonds is 2. The maximum absolute atomic E-state index is 12.2. The minimum absolute atomic E-state index is 0.270. The van der Waals surface area contributed by atoms with Crippen LogP contribution in [0.4, 0.5) is 0 Å². The van der Waals surface area contributed by atoms with Crippen LogP contribution in [0.5, 0.6) is 0 Å². The van der Waals surface area contributed by atoms with Crippen LogP contribution in [0.15, 0.2) is 0 Å². The van der Waals surface area contributed by atoms with Crippen molar-refractivity contribution in [2.24, 2.45) is 5.92 Å². The monoisotopic (exact) mass is 210 g/mol. The zero-order valence-corrected chi connectivity index (χ0v) is 9.83. The van der Waals surface area contributed by atoms with Crippen LogP contribution in [0, 0.1) is 5.92 Å². The lowest BCUT2D eigenvalue weighted by atomic mass is 9.88. The van der Waals surface area contributed by atoms with Gasteiger partial charge in [-0.1, -0.05) is 0 Å². The minimum Gasteiger partial charge on any atom is -0.343 e. The molecule has 1 heterocycles. The third-order valence-corrected chi connectivity index (χ3v) is 3.94. The second-order valence-corrected chi connectivity index (χ2v) is 5.11. The highest BCUT2D eigenvalue weighted by Crippen LogP contribution is 2.27. The predicted octanol–water partition coefficient (Wildman–Crippen LogP) is 1.39.